The highest BCUT2D eigenvalue weighted by Gasteiger charge is 2.32. The monoisotopic (exact) mass is 426 g/mol. The molecule has 4 nitrogen and oxygen atoms in total. The Hall–Kier alpha value is -1.18. The van der Waals surface area contributed by atoms with E-state index in [1.54, 1.807) is 0 Å². The van der Waals surface area contributed by atoms with Crippen LogP contribution in [-0.4, -0.2) is 33.1 Å². The minimum absolute atomic E-state index is 0.0903. The van der Waals surface area contributed by atoms with Crippen molar-refractivity contribution in [1.82, 2.24) is 10.2 Å². The average molecular weight is 427 g/mol. The SMILES string of the molecule is CC(C)(C)NC(=O)CCN1C(=O)/C(=C/c2cccc(Br)c2)SC1=S. The number of halogens is 1. The van der Waals surface area contributed by atoms with E-state index < -0.39 is 0 Å². The molecule has 1 fully saturated rings. The van der Waals surface area contributed by atoms with Crippen LogP contribution >= 0.6 is 39.9 Å². The zero-order chi connectivity index (χ0) is 17.9. The van der Waals surface area contributed by atoms with Crippen LogP contribution in [0.2, 0.25) is 0 Å². The van der Waals surface area contributed by atoms with E-state index in [1.807, 2.05) is 51.1 Å². The summed E-state index contributed by atoms with van der Waals surface area (Å²) >= 11 is 9.97. The molecular formula is C17H19BrN2O2S2. The summed E-state index contributed by atoms with van der Waals surface area (Å²) in [6.07, 6.45) is 2.05. The third-order valence-corrected chi connectivity index (χ3v) is 4.97. The van der Waals surface area contributed by atoms with Crippen LogP contribution in [0.15, 0.2) is 33.6 Å². The summed E-state index contributed by atoms with van der Waals surface area (Å²) in [6.45, 7) is 6.06. The largest absolute Gasteiger partial charge is 0.351 e. The van der Waals surface area contributed by atoms with Crippen molar-refractivity contribution in [3.8, 4) is 0 Å². The lowest BCUT2D eigenvalue weighted by Crippen LogP contribution is -2.42. The molecule has 0 aliphatic carbocycles. The number of amides is 2. The van der Waals surface area contributed by atoms with Gasteiger partial charge in [0.25, 0.3) is 5.91 Å². The maximum absolute atomic E-state index is 12.5. The highest BCUT2D eigenvalue weighted by Crippen LogP contribution is 2.32. The van der Waals surface area contributed by atoms with Crippen molar-refractivity contribution in [1.29, 1.82) is 0 Å². The van der Waals surface area contributed by atoms with Gasteiger partial charge in [-0.05, 0) is 44.5 Å². The molecular weight excluding hydrogens is 408 g/mol. The Balaban J connectivity index is 2.02. The lowest BCUT2D eigenvalue weighted by atomic mass is 10.1. The third-order valence-electron chi connectivity index (χ3n) is 3.10. The third kappa shape index (κ3) is 5.43. The average Bonchev–Trinajstić information content (AvgIpc) is 2.69. The Morgan fingerprint density at radius 2 is 2.12 bits per heavy atom. The molecule has 1 aliphatic rings. The number of nitrogens with zero attached hydrogens (tertiary/aromatic N) is 1. The molecule has 7 heteroatoms. The molecule has 0 bridgehead atoms. The first-order valence-corrected chi connectivity index (χ1v) is 9.49. The Bertz CT molecular complexity index is 711. The van der Waals surface area contributed by atoms with Gasteiger partial charge in [0.1, 0.15) is 4.32 Å². The molecule has 0 saturated carbocycles. The van der Waals surface area contributed by atoms with Crippen molar-refractivity contribution in [3.05, 3.63) is 39.2 Å². The van der Waals surface area contributed by atoms with E-state index in [1.165, 1.54) is 16.7 Å². The second-order valence-corrected chi connectivity index (χ2v) is 9.03. The minimum Gasteiger partial charge on any atom is -0.351 e. The van der Waals surface area contributed by atoms with E-state index >= 15 is 0 Å². The first-order valence-electron chi connectivity index (χ1n) is 7.48. The first-order chi connectivity index (χ1) is 11.2. The second-order valence-electron chi connectivity index (χ2n) is 6.44. The lowest BCUT2D eigenvalue weighted by molar-refractivity contribution is -0.124. The second kappa shape index (κ2) is 7.80. The number of carbonyl (C=O) groups excluding carboxylic acids is 2. The van der Waals surface area contributed by atoms with E-state index in [4.69, 9.17) is 12.2 Å². The van der Waals surface area contributed by atoms with E-state index in [-0.39, 0.29) is 23.8 Å². The molecule has 128 valence electrons. The van der Waals surface area contributed by atoms with Gasteiger partial charge in [0.05, 0.1) is 4.91 Å². The lowest BCUT2D eigenvalue weighted by Gasteiger charge is -2.21. The van der Waals surface area contributed by atoms with Gasteiger partial charge in [0, 0.05) is 23.0 Å². The molecule has 1 N–H and O–H groups in total. The van der Waals surface area contributed by atoms with Gasteiger partial charge in [-0.25, -0.2) is 0 Å². The number of hydrogen-bond acceptors (Lipinski definition) is 4. The van der Waals surface area contributed by atoms with Crippen molar-refractivity contribution >= 4 is 62.1 Å². The number of nitrogens with one attached hydrogen (secondary N) is 1. The molecule has 0 radical (unpaired) electrons. The Morgan fingerprint density at radius 1 is 1.42 bits per heavy atom. The molecule has 24 heavy (non-hydrogen) atoms. The molecule has 1 aliphatic heterocycles. The molecule has 1 aromatic rings. The first kappa shape index (κ1) is 19.1. The molecule has 0 atom stereocenters. The normalized spacial score (nSPS) is 16.8. The number of rotatable bonds is 4. The number of hydrogen-bond donors (Lipinski definition) is 1. The molecule has 2 amide bonds. The van der Waals surface area contributed by atoms with E-state index in [0.717, 1.165) is 10.0 Å². The van der Waals surface area contributed by atoms with Crippen molar-refractivity contribution in [3.63, 3.8) is 0 Å². The Kier molecular flexibility index (Phi) is 6.22. The van der Waals surface area contributed by atoms with Gasteiger partial charge in [-0.1, -0.05) is 52.0 Å². The summed E-state index contributed by atoms with van der Waals surface area (Å²) in [5.41, 5.74) is 0.642. The fourth-order valence-corrected chi connectivity index (χ4v) is 3.86. The molecule has 1 aromatic carbocycles. The van der Waals surface area contributed by atoms with Gasteiger partial charge in [-0.2, -0.15) is 0 Å². The van der Waals surface area contributed by atoms with Gasteiger partial charge in [-0.15, -0.1) is 0 Å². The molecule has 0 aromatic heterocycles. The summed E-state index contributed by atoms with van der Waals surface area (Å²) < 4.78 is 1.44. The van der Waals surface area contributed by atoms with Crippen molar-refractivity contribution in [2.24, 2.45) is 0 Å². The van der Waals surface area contributed by atoms with Crippen molar-refractivity contribution in [2.45, 2.75) is 32.7 Å². The number of thiocarbonyl (C=S) groups is 1. The van der Waals surface area contributed by atoms with Crippen LogP contribution in [0.3, 0.4) is 0 Å². The molecule has 1 saturated heterocycles. The van der Waals surface area contributed by atoms with Crippen LogP contribution in [0.1, 0.15) is 32.8 Å². The Morgan fingerprint density at radius 3 is 2.75 bits per heavy atom. The standard InChI is InChI=1S/C17H19BrN2O2S2/c1-17(2,3)19-14(21)7-8-20-15(22)13(24-16(20)23)10-11-5-4-6-12(18)9-11/h4-6,9-10H,7-8H2,1-3H3,(H,19,21)/b13-10-. The summed E-state index contributed by atoms with van der Waals surface area (Å²) in [4.78, 5) is 26.5. The van der Waals surface area contributed by atoms with E-state index in [9.17, 15) is 9.59 Å². The van der Waals surface area contributed by atoms with Gasteiger partial charge in [0.15, 0.2) is 0 Å². The summed E-state index contributed by atoms with van der Waals surface area (Å²) in [6, 6.07) is 7.70. The number of benzene rings is 1. The van der Waals surface area contributed by atoms with Gasteiger partial charge >= 0.3 is 0 Å². The summed E-state index contributed by atoms with van der Waals surface area (Å²) in [7, 11) is 0. The van der Waals surface area contributed by atoms with Gasteiger partial charge in [0.2, 0.25) is 5.91 Å². The minimum atomic E-state index is -0.285. The summed E-state index contributed by atoms with van der Waals surface area (Å²) in [5, 5.41) is 2.88. The zero-order valence-electron chi connectivity index (χ0n) is 13.8. The maximum atomic E-state index is 12.5. The molecule has 0 unspecified atom stereocenters. The number of carbonyl (C=O) groups is 2. The molecule has 2 rings (SSSR count). The summed E-state index contributed by atoms with van der Waals surface area (Å²) in [5.74, 6) is -0.235. The maximum Gasteiger partial charge on any atom is 0.266 e. The zero-order valence-corrected chi connectivity index (χ0v) is 17.0. The fourth-order valence-electron chi connectivity index (χ4n) is 2.13. The predicted octanol–water partition coefficient (Wildman–Crippen LogP) is 3.96. The van der Waals surface area contributed by atoms with Gasteiger partial charge in [-0.3, -0.25) is 14.5 Å². The van der Waals surface area contributed by atoms with Crippen LogP contribution in [0.25, 0.3) is 6.08 Å². The topological polar surface area (TPSA) is 49.4 Å². The smallest absolute Gasteiger partial charge is 0.266 e. The predicted molar refractivity (Wildman–Crippen MR) is 107 cm³/mol. The van der Waals surface area contributed by atoms with Crippen LogP contribution in [-0.2, 0) is 9.59 Å². The van der Waals surface area contributed by atoms with Gasteiger partial charge < -0.3 is 5.32 Å². The fraction of sp³-hybridized carbons (Fsp3) is 0.353. The number of thioether (sulfide) groups is 1. The quantitative estimate of drug-likeness (QED) is 0.584. The van der Waals surface area contributed by atoms with Crippen LogP contribution in [0.5, 0.6) is 0 Å². The highest BCUT2D eigenvalue weighted by molar-refractivity contribution is 9.10. The van der Waals surface area contributed by atoms with E-state index in [2.05, 4.69) is 21.2 Å². The highest BCUT2D eigenvalue weighted by atomic mass is 79.9. The molecule has 1 heterocycles. The van der Waals surface area contributed by atoms with Crippen molar-refractivity contribution < 1.29 is 9.59 Å². The Labute approximate surface area is 160 Å². The molecule has 0 spiro atoms. The van der Waals surface area contributed by atoms with Crippen molar-refractivity contribution in [2.75, 3.05) is 6.54 Å². The van der Waals surface area contributed by atoms with Crippen LogP contribution in [0.4, 0.5) is 0 Å². The van der Waals surface area contributed by atoms with Crippen LogP contribution in [0, 0.1) is 0 Å². The van der Waals surface area contributed by atoms with E-state index in [0.29, 0.717) is 15.8 Å². The van der Waals surface area contributed by atoms with Crippen LogP contribution < -0.4 is 5.32 Å².